The lowest BCUT2D eigenvalue weighted by Gasteiger charge is -2.28. The highest BCUT2D eigenvalue weighted by Crippen LogP contribution is 2.17. The molecule has 3 N–H and O–H groups in total. The van der Waals surface area contributed by atoms with Crippen molar-refractivity contribution in [1.82, 2.24) is 5.32 Å². The molecular weight excluding hydrogens is 296 g/mol. The van der Waals surface area contributed by atoms with Crippen molar-refractivity contribution in [3.63, 3.8) is 0 Å². The molecule has 2 heterocycles. The maximum atomic E-state index is 12.1. The van der Waals surface area contributed by atoms with Gasteiger partial charge in [-0.1, -0.05) is 0 Å². The summed E-state index contributed by atoms with van der Waals surface area (Å²) in [6.45, 7) is 5.25. The predicted octanol–water partition coefficient (Wildman–Crippen LogP) is 0.472. The van der Waals surface area contributed by atoms with Crippen LogP contribution in [0.5, 0.6) is 0 Å². The lowest BCUT2D eigenvalue weighted by molar-refractivity contribution is -0.125. The van der Waals surface area contributed by atoms with Gasteiger partial charge in [0, 0.05) is 25.9 Å². The number of carbonyl (C=O) groups excluding carboxylic acids is 1. The van der Waals surface area contributed by atoms with Gasteiger partial charge in [0.1, 0.15) is 0 Å². The van der Waals surface area contributed by atoms with Gasteiger partial charge in [0.05, 0.1) is 25.4 Å². The summed E-state index contributed by atoms with van der Waals surface area (Å²) in [5.74, 6) is 0.135. The average Bonchev–Trinajstić information content (AvgIpc) is 2.98. The van der Waals surface area contributed by atoms with Gasteiger partial charge in [0.25, 0.3) is 0 Å². The average molecular weight is 323 g/mol. The van der Waals surface area contributed by atoms with E-state index in [1.165, 1.54) is 0 Å². The van der Waals surface area contributed by atoms with Crippen LogP contribution in [0.3, 0.4) is 0 Å². The van der Waals surface area contributed by atoms with Crippen LogP contribution in [0, 0.1) is 5.92 Å². The van der Waals surface area contributed by atoms with E-state index in [1.807, 2.05) is 6.92 Å². The molecule has 2 aliphatic heterocycles. The van der Waals surface area contributed by atoms with E-state index >= 15 is 0 Å². The van der Waals surface area contributed by atoms with Gasteiger partial charge in [0.15, 0.2) is 0 Å². The molecule has 124 valence electrons. The van der Waals surface area contributed by atoms with Crippen molar-refractivity contribution in [3.8, 4) is 0 Å². The number of halogens is 1. The molecule has 1 amide bonds. The van der Waals surface area contributed by atoms with Crippen molar-refractivity contribution in [1.29, 1.82) is 0 Å². The van der Waals surface area contributed by atoms with E-state index in [2.05, 4.69) is 5.32 Å². The van der Waals surface area contributed by atoms with Gasteiger partial charge < -0.3 is 25.3 Å². The molecule has 21 heavy (non-hydrogen) atoms. The molecule has 0 aromatic heterocycles. The highest BCUT2D eigenvalue weighted by Gasteiger charge is 2.27. The van der Waals surface area contributed by atoms with Crippen LogP contribution in [0.4, 0.5) is 0 Å². The molecule has 2 fully saturated rings. The summed E-state index contributed by atoms with van der Waals surface area (Å²) in [4.78, 5) is 12.1. The number of hydrogen-bond acceptors (Lipinski definition) is 5. The van der Waals surface area contributed by atoms with Gasteiger partial charge in [-0.25, -0.2) is 0 Å². The Morgan fingerprint density at radius 1 is 1.29 bits per heavy atom. The first-order valence-corrected chi connectivity index (χ1v) is 7.50. The molecule has 2 rings (SSSR count). The lowest BCUT2D eigenvalue weighted by Crippen LogP contribution is -2.50. The van der Waals surface area contributed by atoms with Crippen LogP contribution in [-0.4, -0.2) is 57.1 Å². The van der Waals surface area contributed by atoms with Crippen LogP contribution in [0.15, 0.2) is 0 Å². The Morgan fingerprint density at radius 2 is 1.95 bits per heavy atom. The molecule has 2 aliphatic rings. The summed E-state index contributed by atoms with van der Waals surface area (Å²) >= 11 is 0. The molecule has 6 nitrogen and oxygen atoms in total. The van der Waals surface area contributed by atoms with Crippen LogP contribution >= 0.6 is 12.4 Å². The van der Waals surface area contributed by atoms with E-state index in [4.69, 9.17) is 19.9 Å². The van der Waals surface area contributed by atoms with Crippen LogP contribution < -0.4 is 11.1 Å². The first-order chi connectivity index (χ1) is 9.66. The molecule has 2 saturated heterocycles. The minimum Gasteiger partial charge on any atom is -0.381 e. The Hall–Kier alpha value is -0.400. The third kappa shape index (κ3) is 6.08. The second-order valence-electron chi connectivity index (χ2n) is 5.70. The first-order valence-electron chi connectivity index (χ1n) is 7.50. The van der Waals surface area contributed by atoms with Gasteiger partial charge in [-0.05, 0) is 32.1 Å². The van der Waals surface area contributed by atoms with Crippen LogP contribution in [-0.2, 0) is 19.0 Å². The Labute approximate surface area is 132 Å². The van der Waals surface area contributed by atoms with Crippen LogP contribution in [0.25, 0.3) is 0 Å². The topological polar surface area (TPSA) is 82.8 Å². The third-order valence-corrected chi connectivity index (χ3v) is 3.94. The molecule has 0 radical (unpaired) electrons. The monoisotopic (exact) mass is 322 g/mol. The zero-order valence-electron chi connectivity index (χ0n) is 12.6. The normalized spacial score (nSPS) is 25.9. The van der Waals surface area contributed by atoms with Crippen molar-refractivity contribution >= 4 is 18.3 Å². The fourth-order valence-electron chi connectivity index (χ4n) is 2.59. The minimum atomic E-state index is -0.448. The van der Waals surface area contributed by atoms with Crippen molar-refractivity contribution in [2.24, 2.45) is 11.7 Å². The number of rotatable bonds is 6. The van der Waals surface area contributed by atoms with Crippen LogP contribution in [0.2, 0.25) is 0 Å². The molecule has 7 heteroatoms. The Kier molecular flexibility index (Phi) is 8.51. The standard InChI is InChI=1S/C14H26N2O4.ClH/c1-10(8-20-12-4-7-19-9-12)16-14(17)13(15)11-2-5-18-6-3-11;/h10-13H,2-9,15H2,1H3,(H,16,17);1H. The predicted molar refractivity (Wildman–Crippen MR) is 81.5 cm³/mol. The smallest absolute Gasteiger partial charge is 0.237 e. The minimum absolute atomic E-state index is 0. The number of amides is 1. The van der Waals surface area contributed by atoms with Gasteiger partial charge in [-0.3, -0.25) is 4.79 Å². The van der Waals surface area contributed by atoms with E-state index in [0.29, 0.717) is 26.4 Å². The number of hydrogen-bond donors (Lipinski definition) is 2. The molecule has 0 bridgehead atoms. The van der Waals surface area contributed by atoms with Gasteiger partial charge in [-0.15, -0.1) is 12.4 Å². The maximum absolute atomic E-state index is 12.1. The summed E-state index contributed by atoms with van der Waals surface area (Å²) < 4.78 is 16.2. The Balaban J connectivity index is 0.00000220. The summed E-state index contributed by atoms with van der Waals surface area (Å²) in [6, 6.07) is -0.481. The number of nitrogens with two attached hydrogens (primary N) is 1. The maximum Gasteiger partial charge on any atom is 0.237 e. The van der Waals surface area contributed by atoms with Gasteiger partial charge >= 0.3 is 0 Å². The fourth-order valence-corrected chi connectivity index (χ4v) is 2.59. The molecule has 0 aromatic rings. The summed E-state index contributed by atoms with van der Waals surface area (Å²) in [5, 5.41) is 2.93. The zero-order valence-corrected chi connectivity index (χ0v) is 13.4. The van der Waals surface area contributed by atoms with Crippen molar-refractivity contribution in [2.45, 2.75) is 44.4 Å². The first kappa shape index (κ1) is 18.6. The van der Waals surface area contributed by atoms with E-state index in [9.17, 15) is 4.79 Å². The molecule has 3 atom stereocenters. The second kappa shape index (κ2) is 9.58. The Bertz CT molecular complexity index is 307. The highest BCUT2D eigenvalue weighted by atomic mass is 35.5. The zero-order chi connectivity index (χ0) is 14.4. The van der Waals surface area contributed by atoms with E-state index in [-0.39, 0.29) is 36.4 Å². The van der Waals surface area contributed by atoms with Crippen molar-refractivity contribution < 1.29 is 19.0 Å². The highest BCUT2D eigenvalue weighted by molar-refractivity contribution is 5.85. The fraction of sp³-hybridized carbons (Fsp3) is 0.929. The quantitative estimate of drug-likeness (QED) is 0.743. The largest absolute Gasteiger partial charge is 0.381 e. The SMILES string of the molecule is CC(COC1CCOC1)NC(=O)C(N)C1CCOCC1.Cl. The molecule has 0 saturated carbocycles. The van der Waals surface area contributed by atoms with Gasteiger partial charge in [-0.2, -0.15) is 0 Å². The van der Waals surface area contributed by atoms with Crippen molar-refractivity contribution in [3.05, 3.63) is 0 Å². The molecule has 0 aromatic carbocycles. The van der Waals surface area contributed by atoms with E-state index in [0.717, 1.165) is 25.9 Å². The molecule has 0 spiro atoms. The summed E-state index contributed by atoms with van der Waals surface area (Å²) in [7, 11) is 0. The number of nitrogens with one attached hydrogen (secondary N) is 1. The molecular formula is C14H27ClN2O4. The Morgan fingerprint density at radius 3 is 2.57 bits per heavy atom. The van der Waals surface area contributed by atoms with Crippen molar-refractivity contribution in [2.75, 3.05) is 33.0 Å². The lowest BCUT2D eigenvalue weighted by atomic mass is 9.92. The number of ether oxygens (including phenoxy) is 3. The molecule has 3 unspecified atom stereocenters. The summed E-state index contributed by atoms with van der Waals surface area (Å²) in [6.07, 6.45) is 2.82. The van der Waals surface area contributed by atoms with E-state index < -0.39 is 6.04 Å². The van der Waals surface area contributed by atoms with Gasteiger partial charge in [0.2, 0.25) is 5.91 Å². The van der Waals surface area contributed by atoms with Crippen LogP contribution in [0.1, 0.15) is 26.2 Å². The third-order valence-electron chi connectivity index (χ3n) is 3.94. The second-order valence-corrected chi connectivity index (χ2v) is 5.70. The summed E-state index contributed by atoms with van der Waals surface area (Å²) in [5.41, 5.74) is 6.03. The molecule has 0 aliphatic carbocycles. The number of carbonyl (C=O) groups is 1. The van der Waals surface area contributed by atoms with E-state index in [1.54, 1.807) is 0 Å².